The van der Waals surface area contributed by atoms with Crippen molar-refractivity contribution in [3.05, 3.63) is 33.7 Å². The molecule has 2 atom stereocenters. The summed E-state index contributed by atoms with van der Waals surface area (Å²) in [4.78, 5) is 32.2. The van der Waals surface area contributed by atoms with Gasteiger partial charge in [-0.2, -0.15) is 0 Å². The smallest absolute Gasteiger partial charge is 0.315 e. The van der Waals surface area contributed by atoms with Crippen LogP contribution in [0.25, 0.3) is 0 Å². The molecule has 3 aliphatic rings. The van der Waals surface area contributed by atoms with E-state index in [1.54, 1.807) is 11.3 Å². The minimum Gasteiger partial charge on any atom is -0.462 e. The van der Waals surface area contributed by atoms with Gasteiger partial charge in [-0.1, -0.05) is 26.3 Å². The number of allylic oxidation sites excluding steroid dienone is 2. The Kier molecular flexibility index (Phi) is 5.30. The second-order valence-electron chi connectivity index (χ2n) is 9.22. The highest BCUT2D eigenvalue weighted by molar-refractivity contribution is 7.10. The molecule has 1 aromatic heterocycles. The number of ketones is 1. The van der Waals surface area contributed by atoms with Gasteiger partial charge in [0.1, 0.15) is 12.0 Å². The van der Waals surface area contributed by atoms with Crippen molar-refractivity contribution in [2.24, 2.45) is 16.3 Å². The third kappa shape index (κ3) is 3.73. The van der Waals surface area contributed by atoms with Crippen molar-refractivity contribution in [3.8, 4) is 0 Å². The maximum atomic E-state index is 13.3. The molecule has 0 amide bonds. The summed E-state index contributed by atoms with van der Waals surface area (Å²) in [6.45, 7) is 6.15. The molecule has 1 unspecified atom stereocenters. The Morgan fingerprint density at radius 1 is 1.21 bits per heavy atom. The summed E-state index contributed by atoms with van der Waals surface area (Å²) in [6.07, 6.45) is 6.63. The maximum absolute atomic E-state index is 13.3. The largest absolute Gasteiger partial charge is 0.462 e. The fourth-order valence-corrected chi connectivity index (χ4v) is 5.82. The summed E-state index contributed by atoms with van der Waals surface area (Å²) in [5.74, 6) is -0.830. The summed E-state index contributed by atoms with van der Waals surface area (Å²) in [6, 6.07) is 4.02. The molecule has 1 fully saturated rings. The lowest BCUT2D eigenvalue weighted by atomic mass is 9.68. The van der Waals surface area contributed by atoms with Gasteiger partial charge in [0.15, 0.2) is 5.78 Å². The zero-order valence-corrected chi connectivity index (χ0v) is 17.8. The van der Waals surface area contributed by atoms with E-state index in [1.165, 1.54) is 6.42 Å². The molecule has 1 saturated carbocycles. The van der Waals surface area contributed by atoms with E-state index < -0.39 is 5.92 Å². The summed E-state index contributed by atoms with van der Waals surface area (Å²) >= 11 is 1.61. The van der Waals surface area contributed by atoms with Gasteiger partial charge >= 0.3 is 5.97 Å². The molecule has 0 radical (unpaired) electrons. The van der Waals surface area contributed by atoms with Crippen molar-refractivity contribution in [3.63, 3.8) is 0 Å². The number of esters is 1. The average molecular weight is 400 g/mol. The Hall–Kier alpha value is -1.75. The lowest BCUT2D eigenvalue weighted by molar-refractivity contribution is -0.153. The zero-order valence-electron chi connectivity index (χ0n) is 17.0. The van der Waals surface area contributed by atoms with E-state index in [1.807, 2.05) is 24.4 Å². The fraction of sp³-hybridized carbons (Fsp3) is 0.609. The number of hydrogen-bond acceptors (Lipinski definition) is 5. The summed E-state index contributed by atoms with van der Waals surface area (Å²) < 4.78 is 5.94. The number of thiophene rings is 1. The number of rotatable bonds is 3. The molecule has 0 N–H and O–H groups in total. The predicted molar refractivity (Wildman–Crippen MR) is 112 cm³/mol. The highest BCUT2D eigenvalue weighted by Gasteiger charge is 2.46. The van der Waals surface area contributed by atoms with Crippen LogP contribution in [0.4, 0.5) is 0 Å². The van der Waals surface area contributed by atoms with Crippen LogP contribution in [0.15, 0.2) is 33.8 Å². The molecule has 5 heteroatoms. The standard InChI is InChI=1S/C23H29NO3S/c1-14-19(22(26)27-15-8-5-4-6-9-15)21(18-10-7-11-28-18)20-16(24-14)12-23(2,3)13-17(20)25/h7,10-11,15,19,21H,4-6,8-9,12-13H2,1-3H3/t19?,21-/m0/s1. The highest BCUT2D eigenvalue weighted by atomic mass is 32.1. The molecular formula is C23H29NO3S. The predicted octanol–water partition coefficient (Wildman–Crippen LogP) is 5.44. The van der Waals surface area contributed by atoms with Crippen molar-refractivity contribution in [2.75, 3.05) is 0 Å². The van der Waals surface area contributed by atoms with E-state index in [-0.39, 0.29) is 29.2 Å². The molecule has 2 heterocycles. The normalized spacial score (nSPS) is 28.0. The Morgan fingerprint density at radius 2 is 1.96 bits per heavy atom. The number of carbonyl (C=O) groups is 2. The molecule has 2 aliphatic carbocycles. The highest BCUT2D eigenvalue weighted by Crippen LogP contribution is 2.48. The van der Waals surface area contributed by atoms with E-state index >= 15 is 0 Å². The zero-order chi connectivity index (χ0) is 19.9. The van der Waals surface area contributed by atoms with Gasteiger partial charge in [-0.3, -0.25) is 14.6 Å². The number of Topliss-reactive ketones (excluding diaryl/α,β-unsaturated/α-hetero) is 1. The minimum absolute atomic E-state index is 0.00871. The molecular weight excluding hydrogens is 370 g/mol. The van der Waals surface area contributed by atoms with E-state index in [9.17, 15) is 9.59 Å². The lowest BCUT2D eigenvalue weighted by Gasteiger charge is -2.38. The van der Waals surface area contributed by atoms with E-state index in [2.05, 4.69) is 13.8 Å². The van der Waals surface area contributed by atoms with Crippen LogP contribution in [-0.2, 0) is 14.3 Å². The Labute approximate surface area is 171 Å². The first-order chi connectivity index (χ1) is 13.4. The molecule has 0 bridgehead atoms. The van der Waals surface area contributed by atoms with E-state index in [4.69, 9.17) is 9.73 Å². The molecule has 150 valence electrons. The van der Waals surface area contributed by atoms with Gasteiger partial charge in [0.2, 0.25) is 0 Å². The summed E-state index contributed by atoms with van der Waals surface area (Å²) in [7, 11) is 0. The van der Waals surface area contributed by atoms with E-state index in [0.717, 1.165) is 54.0 Å². The monoisotopic (exact) mass is 399 g/mol. The molecule has 4 nitrogen and oxygen atoms in total. The summed E-state index contributed by atoms with van der Waals surface area (Å²) in [5.41, 5.74) is 2.31. The van der Waals surface area contributed by atoms with Crippen LogP contribution in [0.3, 0.4) is 0 Å². The van der Waals surface area contributed by atoms with Crippen LogP contribution < -0.4 is 0 Å². The van der Waals surface area contributed by atoms with Crippen LogP contribution in [0, 0.1) is 11.3 Å². The van der Waals surface area contributed by atoms with Crippen molar-refractivity contribution in [1.82, 2.24) is 0 Å². The third-order valence-corrected chi connectivity index (χ3v) is 7.20. The SMILES string of the molecule is CC1=NC2=C(C(=O)CC(C)(C)C2)[C@@H](c2cccs2)C1C(=O)OC1CCCCC1. The number of nitrogens with zero attached hydrogens (tertiary/aromatic N) is 1. The third-order valence-electron chi connectivity index (χ3n) is 6.24. The van der Waals surface area contributed by atoms with Gasteiger partial charge in [-0.05, 0) is 55.9 Å². The van der Waals surface area contributed by atoms with Gasteiger partial charge < -0.3 is 4.74 Å². The van der Waals surface area contributed by atoms with Gasteiger partial charge in [-0.15, -0.1) is 11.3 Å². The van der Waals surface area contributed by atoms with Crippen LogP contribution in [0.5, 0.6) is 0 Å². The van der Waals surface area contributed by atoms with Gasteiger partial charge in [0.25, 0.3) is 0 Å². The van der Waals surface area contributed by atoms with Crippen LogP contribution in [0.1, 0.15) is 76.5 Å². The number of hydrogen-bond donors (Lipinski definition) is 0. The van der Waals surface area contributed by atoms with Gasteiger partial charge in [0.05, 0.1) is 0 Å². The van der Waals surface area contributed by atoms with Gasteiger partial charge in [0, 0.05) is 34.2 Å². The van der Waals surface area contributed by atoms with Crippen molar-refractivity contribution < 1.29 is 14.3 Å². The second kappa shape index (κ2) is 7.58. The molecule has 0 aromatic carbocycles. The topological polar surface area (TPSA) is 55.7 Å². The van der Waals surface area contributed by atoms with Crippen LogP contribution >= 0.6 is 11.3 Å². The van der Waals surface area contributed by atoms with Gasteiger partial charge in [-0.25, -0.2) is 0 Å². The first-order valence-corrected chi connectivity index (χ1v) is 11.3. The van der Waals surface area contributed by atoms with Crippen LogP contribution in [-0.4, -0.2) is 23.6 Å². The summed E-state index contributed by atoms with van der Waals surface area (Å²) in [5, 5.41) is 2.01. The molecule has 1 aromatic rings. The quantitative estimate of drug-likeness (QED) is 0.636. The Bertz CT molecular complexity index is 828. The fourth-order valence-electron chi connectivity index (χ4n) is 4.95. The molecule has 28 heavy (non-hydrogen) atoms. The number of carbonyl (C=O) groups excluding carboxylic acids is 2. The molecule has 0 spiro atoms. The number of aliphatic imine (C=N–C) groups is 1. The lowest BCUT2D eigenvalue weighted by Crippen LogP contribution is -2.40. The Morgan fingerprint density at radius 3 is 2.64 bits per heavy atom. The molecule has 1 aliphatic heterocycles. The first kappa shape index (κ1) is 19.6. The molecule has 4 rings (SSSR count). The Balaban J connectivity index is 1.70. The van der Waals surface area contributed by atoms with Crippen molar-refractivity contribution in [1.29, 1.82) is 0 Å². The maximum Gasteiger partial charge on any atom is 0.315 e. The second-order valence-corrected chi connectivity index (χ2v) is 10.2. The first-order valence-electron chi connectivity index (χ1n) is 10.4. The van der Waals surface area contributed by atoms with Crippen LogP contribution in [0.2, 0.25) is 0 Å². The van der Waals surface area contributed by atoms with E-state index in [0.29, 0.717) is 6.42 Å². The van der Waals surface area contributed by atoms with Crippen molar-refractivity contribution >= 4 is 28.8 Å². The van der Waals surface area contributed by atoms with Crippen molar-refractivity contribution in [2.45, 2.75) is 77.7 Å². The average Bonchev–Trinajstić information content (AvgIpc) is 3.14. The molecule has 0 saturated heterocycles. The number of ether oxygens (including phenoxy) is 1. The minimum atomic E-state index is -0.496.